The van der Waals surface area contributed by atoms with E-state index in [1.54, 1.807) is 0 Å². The van der Waals surface area contributed by atoms with Gasteiger partial charge in [0, 0.05) is 16.5 Å². The van der Waals surface area contributed by atoms with Gasteiger partial charge in [-0.15, -0.1) is 0 Å². The predicted octanol–water partition coefficient (Wildman–Crippen LogP) is 4.79. The maximum atomic E-state index is 6.06. The Hall–Kier alpha value is -0.530. The molecule has 1 N–H and O–H groups in total. The summed E-state index contributed by atoms with van der Waals surface area (Å²) in [6.07, 6.45) is 6.64. The highest BCUT2D eigenvalue weighted by Crippen LogP contribution is 2.44. The Morgan fingerprint density at radius 3 is 2.11 bits per heavy atom. The summed E-state index contributed by atoms with van der Waals surface area (Å²) >= 11 is 6.06. The highest BCUT2D eigenvalue weighted by molar-refractivity contribution is 6.30. The fourth-order valence-electron chi connectivity index (χ4n) is 3.99. The molecule has 19 heavy (non-hydrogen) atoms. The molecule has 0 heterocycles. The van der Waals surface area contributed by atoms with Crippen molar-refractivity contribution in [3.63, 3.8) is 0 Å². The number of nitrogens with one attached hydrogen (secondary N) is 1. The van der Waals surface area contributed by atoms with Crippen molar-refractivity contribution in [3.05, 3.63) is 34.9 Å². The van der Waals surface area contributed by atoms with Gasteiger partial charge in [0.2, 0.25) is 0 Å². The second-order valence-corrected chi connectivity index (χ2v) is 6.67. The third kappa shape index (κ3) is 2.98. The van der Waals surface area contributed by atoms with E-state index in [1.165, 1.54) is 37.7 Å². The Balaban J connectivity index is 2.41. The molecule has 0 aliphatic heterocycles. The SMILES string of the molecule is CNC(C(C)C)C1(c2ccc(Cl)cc2)CCCCC1. The third-order valence-corrected chi connectivity index (χ3v) is 4.99. The van der Waals surface area contributed by atoms with Crippen LogP contribution in [-0.4, -0.2) is 13.1 Å². The molecule has 1 unspecified atom stereocenters. The van der Waals surface area contributed by atoms with Crippen LogP contribution >= 0.6 is 11.6 Å². The maximum absolute atomic E-state index is 6.06. The molecule has 0 aromatic heterocycles. The molecule has 1 aliphatic rings. The summed E-state index contributed by atoms with van der Waals surface area (Å²) in [6, 6.07) is 9.09. The lowest BCUT2D eigenvalue weighted by molar-refractivity contribution is 0.182. The zero-order chi connectivity index (χ0) is 13.9. The number of rotatable bonds is 4. The van der Waals surface area contributed by atoms with Crippen LogP contribution in [-0.2, 0) is 5.41 Å². The fourth-order valence-corrected chi connectivity index (χ4v) is 4.12. The molecule has 0 saturated heterocycles. The molecule has 0 amide bonds. The van der Waals surface area contributed by atoms with Gasteiger partial charge in [-0.3, -0.25) is 0 Å². The van der Waals surface area contributed by atoms with Gasteiger partial charge in [0.15, 0.2) is 0 Å². The molecular weight excluding hydrogens is 254 g/mol. The Morgan fingerprint density at radius 2 is 1.63 bits per heavy atom. The van der Waals surface area contributed by atoms with Crippen LogP contribution in [0.2, 0.25) is 5.02 Å². The first kappa shape index (κ1) is 14.9. The van der Waals surface area contributed by atoms with E-state index in [0.717, 1.165) is 5.02 Å². The van der Waals surface area contributed by atoms with E-state index < -0.39 is 0 Å². The molecule has 1 nitrogen and oxygen atoms in total. The van der Waals surface area contributed by atoms with Gasteiger partial charge in [0.05, 0.1) is 0 Å². The molecule has 2 rings (SSSR count). The second kappa shape index (κ2) is 6.28. The van der Waals surface area contributed by atoms with Gasteiger partial charge in [0.25, 0.3) is 0 Å². The summed E-state index contributed by atoms with van der Waals surface area (Å²) in [5, 5.41) is 4.43. The van der Waals surface area contributed by atoms with Crippen LogP contribution in [0.5, 0.6) is 0 Å². The van der Waals surface area contributed by atoms with Crippen LogP contribution in [0.1, 0.15) is 51.5 Å². The Kier molecular flexibility index (Phi) is 4.92. The lowest BCUT2D eigenvalue weighted by Gasteiger charge is -2.46. The van der Waals surface area contributed by atoms with Crippen molar-refractivity contribution in [1.82, 2.24) is 5.32 Å². The van der Waals surface area contributed by atoms with E-state index in [4.69, 9.17) is 11.6 Å². The maximum Gasteiger partial charge on any atom is 0.0406 e. The topological polar surface area (TPSA) is 12.0 Å². The van der Waals surface area contributed by atoms with E-state index in [2.05, 4.69) is 38.3 Å². The average molecular weight is 280 g/mol. The molecule has 1 fully saturated rings. The normalized spacial score (nSPS) is 20.5. The van der Waals surface area contributed by atoms with Crippen molar-refractivity contribution in [2.24, 2.45) is 5.92 Å². The Bertz CT molecular complexity index is 390. The van der Waals surface area contributed by atoms with Gasteiger partial charge >= 0.3 is 0 Å². The Labute approximate surface area is 122 Å². The van der Waals surface area contributed by atoms with E-state index >= 15 is 0 Å². The largest absolute Gasteiger partial charge is 0.316 e. The molecule has 1 aromatic rings. The number of likely N-dealkylation sites (N-methyl/N-ethyl adjacent to an activating group) is 1. The minimum atomic E-state index is 0.283. The summed E-state index contributed by atoms with van der Waals surface area (Å²) in [6.45, 7) is 4.65. The molecule has 1 saturated carbocycles. The summed E-state index contributed by atoms with van der Waals surface area (Å²) in [4.78, 5) is 0. The fraction of sp³-hybridized carbons (Fsp3) is 0.647. The van der Waals surface area contributed by atoms with Crippen LogP contribution in [0.15, 0.2) is 24.3 Å². The standard InChI is InChI=1S/C17H26ClN/c1-13(2)16(19-3)17(11-5-4-6-12-17)14-7-9-15(18)10-8-14/h7-10,13,16,19H,4-6,11-12H2,1-3H3. The van der Waals surface area contributed by atoms with Gasteiger partial charge in [0.1, 0.15) is 0 Å². The number of hydrogen-bond acceptors (Lipinski definition) is 1. The molecule has 0 spiro atoms. The van der Waals surface area contributed by atoms with Crippen LogP contribution in [0.3, 0.4) is 0 Å². The first-order valence-electron chi connectivity index (χ1n) is 7.53. The van der Waals surface area contributed by atoms with Crippen LogP contribution in [0.4, 0.5) is 0 Å². The molecule has 106 valence electrons. The quantitative estimate of drug-likeness (QED) is 0.836. The third-order valence-electron chi connectivity index (χ3n) is 4.74. The minimum absolute atomic E-state index is 0.283. The molecule has 1 aromatic carbocycles. The van der Waals surface area contributed by atoms with Crippen molar-refractivity contribution in [3.8, 4) is 0 Å². The van der Waals surface area contributed by atoms with Crippen molar-refractivity contribution in [2.75, 3.05) is 7.05 Å². The van der Waals surface area contributed by atoms with Gasteiger partial charge < -0.3 is 5.32 Å². The van der Waals surface area contributed by atoms with E-state index in [-0.39, 0.29) is 5.41 Å². The first-order chi connectivity index (χ1) is 9.10. The van der Waals surface area contributed by atoms with Crippen LogP contribution < -0.4 is 5.32 Å². The van der Waals surface area contributed by atoms with Crippen molar-refractivity contribution < 1.29 is 0 Å². The van der Waals surface area contributed by atoms with E-state index in [1.807, 2.05) is 12.1 Å². The van der Waals surface area contributed by atoms with Crippen molar-refractivity contribution in [1.29, 1.82) is 0 Å². The van der Waals surface area contributed by atoms with Gasteiger partial charge in [-0.05, 0) is 43.5 Å². The molecule has 1 aliphatic carbocycles. The monoisotopic (exact) mass is 279 g/mol. The molecule has 1 atom stereocenters. The molecule has 0 bridgehead atoms. The zero-order valence-corrected chi connectivity index (χ0v) is 13.1. The number of benzene rings is 1. The molecule has 2 heteroatoms. The first-order valence-corrected chi connectivity index (χ1v) is 7.91. The van der Waals surface area contributed by atoms with Gasteiger partial charge in [-0.1, -0.05) is 56.8 Å². The predicted molar refractivity (Wildman–Crippen MR) is 83.9 cm³/mol. The van der Waals surface area contributed by atoms with E-state index in [0.29, 0.717) is 12.0 Å². The summed E-state index contributed by atoms with van der Waals surface area (Å²) in [5.74, 6) is 0.638. The van der Waals surface area contributed by atoms with E-state index in [9.17, 15) is 0 Å². The lowest BCUT2D eigenvalue weighted by atomic mass is 9.62. The summed E-state index contributed by atoms with van der Waals surface area (Å²) in [7, 11) is 2.11. The van der Waals surface area contributed by atoms with Crippen molar-refractivity contribution in [2.45, 2.75) is 57.4 Å². The summed E-state index contributed by atoms with van der Waals surface area (Å²) in [5.41, 5.74) is 1.75. The van der Waals surface area contributed by atoms with Gasteiger partial charge in [-0.2, -0.15) is 0 Å². The smallest absolute Gasteiger partial charge is 0.0406 e. The zero-order valence-electron chi connectivity index (χ0n) is 12.4. The number of hydrogen-bond donors (Lipinski definition) is 1. The average Bonchev–Trinajstić information content (AvgIpc) is 2.40. The van der Waals surface area contributed by atoms with Gasteiger partial charge in [-0.25, -0.2) is 0 Å². The van der Waals surface area contributed by atoms with Crippen LogP contribution in [0, 0.1) is 5.92 Å². The van der Waals surface area contributed by atoms with Crippen molar-refractivity contribution >= 4 is 11.6 Å². The number of halogens is 1. The summed E-state index contributed by atoms with van der Waals surface area (Å²) < 4.78 is 0. The highest BCUT2D eigenvalue weighted by Gasteiger charge is 2.41. The highest BCUT2D eigenvalue weighted by atomic mass is 35.5. The second-order valence-electron chi connectivity index (χ2n) is 6.23. The Morgan fingerprint density at radius 1 is 1.05 bits per heavy atom. The molecule has 0 radical (unpaired) electrons. The molecular formula is C17H26ClN. The lowest BCUT2D eigenvalue weighted by Crippen LogP contribution is -2.51. The minimum Gasteiger partial charge on any atom is -0.316 e. The van der Waals surface area contributed by atoms with Crippen LogP contribution in [0.25, 0.3) is 0 Å².